The van der Waals surface area contributed by atoms with Crippen LogP contribution < -0.4 is 5.32 Å². The van der Waals surface area contributed by atoms with Crippen LogP contribution in [0, 0.1) is 0 Å². The van der Waals surface area contributed by atoms with Gasteiger partial charge in [-0.1, -0.05) is 45.9 Å². The van der Waals surface area contributed by atoms with E-state index in [4.69, 9.17) is 0 Å². The van der Waals surface area contributed by atoms with Gasteiger partial charge in [0, 0.05) is 18.5 Å². The maximum atomic E-state index is 11.6. The molecular weight excluding hydrogens is 266 g/mol. The summed E-state index contributed by atoms with van der Waals surface area (Å²) in [6.07, 6.45) is 4.57. The van der Waals surface area contributed by atoms with Gasteiger partial charge in [0.25, 0.3) is 0 Å². The molecule has 0 aliphatic rings. The molecule has 1 amide bonds. The molecule has 1 aromatic rings. The molecule has 1 rings (SSSR count). The standard InChI is InChI=1S/C15H21NO3.2CH4/c1-19-15(18)12-8-3-2-7-11-14(17)16-13-9-5-4-6-10-13;;/h4-6,9-10H,2-3,7-8,11-12H2,1H3,(H,16,17);2*1H4. The highest BCUT2D eigenvalue weighted by atomic mass is 16.5. The number of unbranched alkanes of at least 4 members (excludes halogenated alkanes) is 3. The van der Waals surface area contributed by atoms with Crippen LogP contribution in [0.3, 0.4) is 0 Å². The van der Waals surface area contributed by atoms with Crippen molar-refractivity contribution in [1.29, 1.82) is 0 Å². The summed E-state index contributed by atoms with van der Waals surface area (Å²) in [6, 6.07) is 9.43. The highest BCUT2D eigenvalue weighted by Crippen LogP contribution is 2.09. The molecule has 0 radical (unpaired) electrons. The second-order valence-corrected chi connectivity index (χ2v) is 4.40. The third-order valence-corrected chi connectivity index (χ3v) is 2.82. The zero-order chi connectivity index (χ0) is 13.9. The first-order chi connectivity index (χ1) is 9.22. The number of nitrogens with one attached hydrogen (secondary N) is 1. The number of amides is 1. The number of benzene rings is 1. The number of ether oxygens (including phenoxy) is 1. The number of para-hydroxylation sites is 1. The summed E-state index contributed by atoms with van der Waals surface area (Å²) in [6.45, 7) is 0. The van der Waals surface area contributed by atoms with Gasteiger partial charge in [-0.25, -0.2) is 0 Å². The van der Waals surface area contributed by atoms with Crippen LogP contribution in [-0.2, 0) is 14.3 Å². The molecule has 0 aromatic heterocycles. The molecular formula is C17H29NO3. The van der Waals surface area contributed by atoms with Crippen LogP contribution in [0.5, 0.6) is 0 Å². The van der Waals surface area contributed by atoms with Crippen LogP contribution in [0.15, 0.2) is 30.3 Å². The van der Waals surface area contributed by atoms with Gasteiger partial charge in [0.2, 0.25) is 5.91 Å². The van der Waals surface area contributed by atoms with Crippen LogP contribution in [0.4, 0.5) is 5.69 Å². The third kappa shape index (κ3) is 10.6. The number of carbonyl (C=O) groups excluding carboxylic acids is 2. The van der Waals surface area contributed by atoms with Gasteiger partial charge in [-0.15, -0.1) is 0 Å². The lowest BCUT2D eigenvalue weighted by Crippen LogP contribution is -2.10. The van der Waals surface area contributed by atoms with E-state index in [-0.39, 0.29) is 26.7 Å². The number of esters is 1. The molecule has 0 saturated heterocycles. The van der Waals surface area contributed by atoms with E-state index in [1.807, 2.05) is 30.3 Å². The van der Waals surface area contributed by atoms with Crippen molar-refractivity contribution >= 4 is 17.6 Å². The van der Waals surface area contributed by atoms with Crippen LogP contribution >= 0.6 is 0 Å². The molecule has 21 heavy (non-hydrogen) atoms. The van der Waals surface area contributed by atoms with Gasteiger partial charge in [0.1, 0.15) is 0 Å². The average Bonchev–Trinajstić information content (AvgIpc) is 2.43. The molecule has 0 atom stereocenters. The van der Waals surface area contributed by atoms with Crippen molar-refractivity contribution in [3.63, 3.8) is 0 Å². The molecule has 0 saturated carbocycles. The fourth-order valence-electron chi connectivity index (χ4n) is 1.76. The minimum absolute atomic E-state index is 0. The summed E-state index contributed by atoms with van der Waals surface area (Å²) < 4.78 is 4.56. The molecule has 1 aromatic carbocycles. The van der Waals surface area contributed by atoms with Gasteiger partial charge in [-0.3, -0.25) is 9.59 Å². The third-order valence-electron chi connectivity index (χ3n) is 2.82. The maximum absolute atomic E-state index is 11.6. The number of rotatable bonds is 8. The summed E-state index contributed by atoms with van der Waals surface area (Å²) in [4.78, 5) is 22.5. The molecule has 120 valence electrons. The normalized spacial score (nSPS) is 9.00. The monoisotopic (exact) mass is 295 g/mol. The van der Waals surface area contributed by atoms with Crippen molar-refractivity contribution in [2.75, 3.05) is 12.4 Å². The predicted octanol–water partition coefficient (Wildman–Crippen LogP) is 4.41. The highest BCUT2D eigenvalue weighted by molar-refractivity contribution is 5.90. The molecule has 0 unspecified atom stereocenters. The van der Waals surface area contributed by atoms with Crippen molar-refractivity contribution in [3.8, 4) is 0 Å². The van der Waals surface area contributed by atoms with Crippen LogP contribution in [0.1, 0.15) is 53.4 Å². The Morgan fingerprint density at radius 1 is 0.952 bits per heavy atom. The lowest BCUT2D eigenvalue weighted by molar-refractivity contribution is -0.140. The molecule has 0 heterocycles. The number of methoxy groups -OCH3 is 1. The number of hydrogen-bond donors (Lipinski definition) is 1. The van der Waals surface area contributed by atoms with Crippen molar-refractivity contribution < 1.29 is 14.3 Å². The number of carbonyl (C=O) groups is 2. The van der Waals surface area contributed by atoms with E-state index in [2.05, 4.69) is 10.1 Å². The molecule has 0 fully saturated rings. The number of hydrogen-bond acceptors (Lipinski definition) is 3. The van der Waals surface area contributed by atoms with E-state index in [1.54, 1.807) is 0 Å². The summed E-state index contributed by atoms with van der Waals surface area (Å²) in [5.74, 6) is -0.124. The average molecular weight is 295 g/mol. The van der Waals surface area contributed by atoms with Gasteiger partial charge < -0.3 is 10.1 Å². The highest BCUT2D eigenvalue weighted by Gasteiger charge is 2.03. The second kappa shape index (κ2) is 13.2. The Hall–Kier alpha value is -1.84. The molecule has 0 bridgehead atoms. The first kappa shape index (κ1) is 21.5. The van der Waals surface area contributed by atoms with E-state index >= 15 is 0 Å². The van der Waals surface area contributed by atoms with Crippen molar-refractivity contribution in [2.24, 2.45) is 0 Å². The molecule has 0 spiro atoms. The molecule has 0 aliphatic carbocycles. The summed E-state index contributed by atoms with van der Waals surface area (Å²) in [7, 11) is 1.40. The zero-order valence-corrected chi connectivity index (χ0v) is 11.4. The van der Waals surface area contributed by atoms with Gasteiger partial charge in [0.05, 0.1) is 7.11 Å². The van der Waals surface area contributed by atoms with E-state index < -0.39 is 0 Å². The van der Waals surface area contributed by atoms with Crippen LogP contribution in [0.25, 0.3) is 0 Å². The Labute approximate surface area is 128 Å². The van der Waals surface area contributed by atoms with Gasteiger partial charge in [0.15, 0.2) is 0 Å². The predicted molar refractivity (Wildman–Crippen MR) is 88.3 cm³/mol. The SMILES string of the molecule is C.C.COC(=O)CCCCCCC(=O)Nc1ccccc1. The van der Waals surface area contributed by atoms with Gasteiger partial charge in [-0.05, 0) is 25.0 Å². The molecule has 4 nitrogen and oxygen atoms in total. The first-order valence-corrected chi connectivity index (χ1v) is 6.64. The Kier molecular flexibility index (Phi) is 13.4. The van der Waals surface area contributed by atoms with Crippen molar-refractivity contribution in [1.82, 2.24) is 0 Å². The zero-order valence-electron chi connectivity index (χ0n) is 11.4. The summed E-state index contributed by atoms with van der Waals surface area (Å²) >= 11 is 0. The minimum Gasteiger partial charge on any atom is -0.469 e. The number of anilines is 1. The van der Waals surface area contributed by atoms with Crippen LogP contribution in [-0.4, -0.2) is 19.0 Å². The molecule has 0 aliphatic heterocycles. The minimum atomic E-state index is -0.165. The smallest absolute Gasteiger partial charge is 0.305 e. The Morgan fingerprint density at radius 2 is 1.52 bits per heavy atom. The topological polar surface area (TPSA) is 55.4 Å². The van der Waals surface area contributed by atoms with Gasteiger partial charge in [-0.2, -0.15) is 0 Å². The fourth-order valence-corrected chi connectivity index (χ4v) is 1.76. The van der Waals surface area contributed by atoms with E-state index in [9.17, 15) is 9.59 Å². The lowest BCUT2D eigenvalue weighted by atomic mass is 10.1. The lowest BCUT2D eigenvalue weighted by Gasteiger charge is -2.04. The summed E-state index contributed by atoms with van der Waals surface area (Å²) in [5, 5.41) is 2.85. The fraction of sp³-hybridized carbons (Fsp3) is 0.529. The molecule has 1 N–H and O–H groups in total. The van der Waals surface area contributed by atoms with Gasteiger partial charge >= 0.3 is 5.97 Å². The van der Waals surface area contributed by atoms with Crippen LogP contribution in [0.2, 0.25) is 0 Å². The Morgan fingerprint density at radius 3 is 2.10 bits per heavy atom. The van der Waals surface area contributed by atoms with E-state index in [0.717, 1.165) is 31.4 Å². The largest absolute Gasteiger partial charge is 0.469 e. The first-order valence-electron chi connectivity index (χ1n) is 6.64. The van der Waals surface area contributed by atoms with E-state index in [1.165, 1.54) is 7.11 Å². The summed E-state index contributed by atoms with van der Waals surface area (Å²) in [5.41, 5.74) is 0.832. The van der Waals surface area contributed by atoms with Crippen molar-refractivity contribution in [2.45, 2.75) is 53.4 Å². The maximum Gasteiger partial charge on any atom is 0.305 e. The van der Waals surface area contributed by atoms with Crippen molar-refractivity contribution in [3.05, 3.63) is 30.3 Å². The Bertz CT molecular complexity index is 390. The molecule has 4 heteroatoms. The van der Waals surface area contributed by atoms with E-state index in [0.29, 0.717) is 12.8 Å². The Balaban J connectivity index is 0. The quantitative estimate of drug-likeness (QED) is 0.571. The second-order valence-electron chi connectivity index (χ2n) is 4.40.